The average molecular weight is 303 g/mol. The summed E-state index contributed by atoms with van der Waals surface area (Å²) in [7, 11) is 0. The molecular weight excluding hydrogens is 284 g/mol. The van der Waals surface area contributed by atoms with Gasteiger partial charge in [-0.25, -0.2) is 0 Å². The minimum absolute atomic E-state index is 0.123. The first-order valence-corrected chi connectivity index (χ1v) is 7.59. The molecule has 3 rings (SSSR count). The maximum atomic E-state index is 5.95. The van der Waals surface area contributed by atoms with Crippen LogP contribution in [-0.4, -0.2) is 29.6 Å². The lowest BCUT2D eigenvalue weighted by molar-refractivity contribution is -0.0329. The summed E-state index contributed by atoms with van der Waals surface area (Å²) in [5, 5.41) is 0.763. The van der Waals surface area contributed by atoms with Gasteiger partial charge in [-0.2, -0.15) is 0 Å². The van der Waals surface area contributed by atoms with E-state index in [4.69, 9.17) is 16.3 Å². The number of pyridine rings is 1. The Morgan fingerprint density at radius 3 is 2.86 bits per heavy atom. The Morgan fingerprint density at radius 2 is 2.10 bits per heavy atom. The summed E-state index contributed by atoms with van der Waals surface area (Å²) in [5.74, 6) is 0. The van der Waals surface area contributed by atoms with Crippen molar-refractivity contribution in [2.24, 2.45) is 0 Å². The number of halogens is 1. The molecule has 4 heteroatoms. The van der Waals surface area contributed by atoms with Gasteiger partial charge in [-0.05, 0) is 41.8 Å². The number of benzene rings is 1. The molecule has 1 fully saturated rings. The van der Waals surface area contributed by atoms with Crippen molar-refractivity contribution < 1.29 is 4.74 Å². The van der Waals surface area contributed by atoms with Gasteiger partial charge >= 0.3 is 0 Å². The molecule has 0 saturated carbocycles. The van der Waals surface area contributed by atoms with Gasteiger partial charge in [0.2, 0.25) is 0 Å². The van der Waals surface area contributed by atoms with E-state index in [0.29, 0.717) is 0 Å². The summed E-state index contributed by atoms with van der Waals surface area (Å²) in [6.45, 7) is 5.69. The van der Waals surface area contributed by atoms with Gasteiger partial charge in [-0.3, -0.25) is 9.88 Å². The molecule has 0 N–H and O–H groups in total. The van der Waals surface area contributed by atoms with Gasteiger partial charge in [0.05, 0.1) is 12.7 Å². The molecule has 0 amide bonds. The van der Waals surface area contributed by atoms with E-state index in [1.807, 2.05) is 36.7 Å². The zero-order valence-corrected chi connectivity index (χ0v) is 12.9. The fourth-order valence-electron chi connectivity index (χ4n) is 2.65. The minimum atomic E-state index is 0.123. The number of nitrogens with zero attached hydrogens (tertiary/aromatic N) is 2. The Balaban J connectivity index is 1.68. The van der Waals surface area contributed by atoms with Gasteiger partial charge in [-0.15, -0.1) is 0 Å². The molecule has 1 saturated heterocycles. The predicted molar refractivity (Wildman–Crippen MR) is 84.4 cm³/mol. The lowest BCUT2D eigenvalue weighted by Crippen LogP contribution is -2.37. The molecule has 1 atom stereocenters. The third-order valence-electron chi connectivity index (χ3n) is 3.92. The van der Waals surface area contributed by atoms with Crippen LogP contribution in [0.4, 0.5) is 0 Å². The topological polar surface area (TPSA) is 25.4 Å². The second-order valence-electron chi connectivity index (χ2n) is 5.45. The van der Waals surface area contributed by atoms with E-state index in [1.165, 1.54) is 16.7 Å². The van der Waals surface area contributed by atoms with Gasteiger partial charge in [0.25, 0.3) is 0 Å². The first-order valence-electron chi connectivity index (χ1n) is 7.21. The van der Waals surface area contributed by atoms with Crippen molar-refractivity contribution in [1.29, 1.82) is 0 Å². The number of hydrogen-bond donors (Lipinski definition) is 0. The number of ether oxygens (including phenoxy) is 1. The highest BCUT2D eigenvalue weighted by Crippen LogP contribution is 2.24. The summed E-state index contributed by atoms with van der Waals surface area (Å²) in [6.07, 6.45) is 3.91. The first kappa shape index (κ1) is 14.5. The largest absolute Gasteiger partial charge is 0.371 e. The normalized spacial score (nSPS) is 19.6. The third kappa shape index (κ3) is 3.62. The monoisotopic (exact) mass is 302 g/mol. The van der Waals surface area contributed by atoms with Crippen LogP contribution in [0.25, 0.3) is 0 Å². The smallest absolute Gasteiger partial charge is 0.0952 e. The quantitative estimate of drug-likeness (QED) is 0.866. The fraction of sp³-hybridized carbons (Fsp3) is 0.353. The van der Waals surface area contributed by atoms with Gasteiger partial charge in [0, 0.05) is 37.1 Å². The summed E-state index contributed by atoms with van der Waals surface area (Å²) >= 11 is 5.95. The number of aryl methyl sites for hydroxylation is 1. The highest BCUT2D eigenvalue weighted by Gasteiger charge is 2.22. The maximum absolute atomic E-state index is 5.95. The van der Waals surface area contributed by atoms with Crippen LogP contribution < -0.4 is 0 Å². The number of aromatic nitrogens is 1. The van der Waals surface area contributed by atoms with Crippen molar-refractivity contribution >= 4 is 11.6 Å². The van der Waals surface area contributed by atoms with E-state index in [2.05, 4.69) is 22.9 Å². The van der Waals surface area contributed by atoms with Crippen molar-refractivity contribution in [3.63, 3.8) is 0 Å². The van der Waals surface area contributed by atoms with Gasteiger partial charge in [0.1, 0.15) is 0 Å². The molecule has 110 valence electrons. The molecule has 1 aliphatic rings. The molecule has 1 aromatic heterocycles. The maximum Gasteiger partial charge on any atom is 0.0952 e. The number of hydrogen-bond acceptors (Lipinski definition) is 3. The average Bonchev–Trinajstić information content (AvgIpc) is 2.51. The van der Waals surface area contributed by atoms with Gasteiger partial charge in [-0.1, -0.05) is 23.7 Å². The molecule has 21 heavy (non-hydrogen) atoms. The lowest BCUT2D eigenvalue weighted by Gasteiger charge is -2.33. The van der Waals surface area contributed by atoms with Crippen LogP contribution in [0.3, 0.4) is 0 Å². The Morgan fingerprint density at radius 1 is 1.29 bits per heavy atom. The van der Waals surface area contributed by atoms with Crippen molar-refractivity contribution in [3.8, 4) is 0 Å². The Hall–Kier alpha value is -1.42. The highest BCUT2D eigenvalue weighted by molar-refractivity contribution is 6.30. The van der Waals surface area contributed by atoms with Crippen LogP contribution in [0.2, 0.25) is 5.02 Å². The van der Waals surface area contributed by atoms with Crippen LogP contribution in [0, 0.1) is 6.92 Å². The number of rotatable bonds is 3. The van der Waals surface area contributed by atoms with Crippen LogP contribution >= 0.6 is 11.6 Å². The molecule has 0 bridgehead atoms. The van der Waals surface area contributed by atoms with Crippen LogP contribution in [-0.2, 0) is 11.3 Å². The molecule has 0 radical (unpaired) electrons. The van der Waals surface area contributed by atoms with Crippen molar-refractivity contribution in [3.05, 3.63) is 64.4 Å². The van der Waals surface area contributed by atoms with E-state index < -0.39 is 0 Å². The molecule has 0 aliphatic carbocycles. The van der Waals surface area contributed by atoms with Crippen LogP contribution in [0.1, 0.15) is 22.8 Å². The van der Waals surface area contributed by atoms with Gasteiger partial charge in [0.15, 0.2) is 0 Å². The number of morpholine rings is 1. The van der Waals surface area contributed by atoms with Crippen LogP contribution in [0.15, 0.2) is 42.7 Å². The highest BCUT2D eigenvalue weighted by atomic mass is 35.5. The van der Waals surface area contributed by atoms with E-state index in [-0.39, 0.29) is 6.10 Å². The second kappa shape index (κ2) is 6.56. The minimum Gasteiger partial charge on any atom is -0.371 e. The van der Waals surface area contributed by atoms with E-state index in [0.717, 1.165) is 31.3 Å². The summed E-state index contributed by atoms with van der Waals surface area (Å²) < 4.78 is 5.90. The van der Waals surface area contributed by atoms with Crippen LogP contribution in [0.5, 0.6) is 0 Å². The van der Waals surface area contributed by atoms with Gasteiger partial charge < -0.3 is 4.74 Å². The SMILES string of the molecule is Cc1cnccc1CN1CCOC(c2ccc(Cl)cc2)C1. The zero-order chi connectivity index (χ0) is 14.7. The van der Waals surface area contributed by atoms with Crippen molar-refractivity contribution in [2.45, 2.75) is 19.6 Å². The summed E-state index contributed by atoms with van der Waals surface area (Å²) in [6, 6.07) is 10.0. The van der Waals surface area contributed by atoms with E-state index in [1.54, 1.807) is 0 Å². The summed E-state index contributed by atoms with van der Waals surface area (Å²) in [5.41, 5.74) is 3.77. The third-order valence-corrected chi connectivity index (χ3v) is 4.17. The Kier molecular flexibility index (Phi) is 4.54. The second-order valence-corrected chi connectivity index (χ2v) is 5.88. The Labute approximate surface area is 130 Å². The van der Waals surface area contributed by atoms with E-state index in [9.17, 15) is 0 Å². The molecule has 1 aliphatic heterocycles. The summed E-state index contributed by atoms with van der Waals surface area (Å²) in [4.78, 5) is 6.59. The zero-order valence-electron chi connectivity index (χ0n) is 12.1. The molecular formula is C17H19ClN2O. The Bertz CT molecular complexity index is 600. The molecule has 0 spiro atoms. The predicted octanol–water partition coefficient (Wildman–Crippen LogP) is 3.62. The fourth-order valence-corrected chi connectivity index (χ4v) is 2.77. The molecule has 2 aromatic rings. The first-order chi connectivity index (χ1) is 10.2. The van der Waals surface area contributed by atoms with Crippen molar-refractivity contribution in [2.75, 3.05) is 19.7 Å². The standard InChI is InChI=1S/C17H19ClN2O/c1-13-10-19-7-6-15(13)11-20-8-9-21-17(12-20)14-2-4-16(18)5-3-14/h2-7,10,17H,8-9,11-12H2,1H3. The van der Waals surface area contributed by atoms with Crippen molar-refractivity contribution in [1.82, 2.24) is 9.88 Å². The molecule has 3 nitrogen and oxygen atoms in total. The lowest BCUT2D eigenvalue weighted by atomic mass is 10.1. The van der Waals surface area contributed by atoms with E-state index >= 15 is 0 Å². The molecule has 1 unspecified atom stereocenters. The molecule has 1 aromatic carbocycles. The molecule has 2 heterocycles.